The van der Waals surface area contributed by atoms with Crippen molar-refractivity contribution in [3.05, 3.63) is 95.6 Å². The van der Waals surface area contributed by atoms with Gasteiger partial charge in [0.2, 0.25) is 0 Å². The molecular formula is C22H21FN2O2. The highest BCUT2D eigenvalue weighted by atomic mass is 19.1. The van der Waals surface area contributed by atoms with Crippen LogP contribution in [-0.2, 0) is 13.0 Å². The van der Waals surface area contributed by atoms with Crippen molar-refractivity contribution < 1.29 is 13.9 Å². The number of methoxy groups -OCH3 is 1. The fraction of sp³-hybridized carbons (Fsp3) is 0.182. The molecule has 5 heteroatoms. The average Bonchev–Trinajstić information content (AvgIpc) is 2.72. The van der Waals surface area contributed by atoms with E-state index < -0.39 is 0 Å². The van der Waals surface area contributed by atoms with Crippen LogP contribution in [0.4, 0.5) is 4.39 Å². The van der Waals surface area contributed by atoms with E-state index in [9.17, 15) is 9.18 Å². The Balaban J connectivity index is 1.82. The number of nitrogens with zero attached hydrogens (tertiary/aromatic N) is 2. The molecule has 0 atom stereocenters. The lowest BCUT2D eigenvalue weighted by Crippen LogP contribution is -2.32. The zero-order valence-electron chi connectivity index (χ0n) is 15.1. The fourth-order valence-corrected chi connectivity index (χ4v) is 2.86. The third-order valence-electron chi connectivity index (χ3n) is 4.31. The molecule has 0 unspecified atom stereocenters. The number of hydrogen-bond donors (Lipinski definition) is 0. The van der Waals surface area contributed by atoms with Crippen LogP contribution in [0, 0.1) is 5.82 Å². The molecule has 0 saturated carbocycles. The lowest BCUT2D eigenvalue weighted by atomic mass is 10.1. The lowest BCUT2D eigenvalue weighted by Gasteiger charge is -2.23. The third kappa shape index (κ3) is 4.91. The Labute approximate surface area is 158 Å². The molecule has 138 valence electrons. The molecule has 27 heavy (non-hydrogen) atoms. The molecule has 1 aromatic heterocycles. The van der Waals surface area contributed by atoms with Gasteiger partial charge < -0.3 is 9.64 Å². The first kappa shape index (κ1) is 18.6. The quantitative estimate of drug-likeness (QED) is 0.633. The molecule has 4 nitrogen and oxygen atoms in total. The summed E-state index contributed by atoms with van der Waals surface area (Å²) in [6.45, 7) is 0.796. The van der Waals surface area contributed by atoms with E-state index in [0.29, 0.717) is 36.4 Å². The van der Waals surface area contributed by atoms with Crippen molar-refractivity contribution in [2.75, 3.05) is 13.7 Å². The number of ether oxygens (including phenoxy) is 1. The second-order valence-corrected chi connectivity index (χ2v) is 6.16. The summed E-state index contributed by atoms with van der Waals surface area (Å²) in [5.41, 5.74) is 2.04. The van der Waals surface area contributed by atoms with Gasteiger partial charge in [0, 0.05) is 31.0 Å². The Bertz CT molecular complexity index is 900. The summed E-state index contributed by atoms with van der Waals surface area (Å²) in [6.07, 6.45) is 3.86. The number of pyridine rings is 1. The summed E-state index contributed by atoms with van der Waals surface area (Å²) in [7, 11) is 1.56. The highest BCUT2D eigenvalue weighted by molar-refractivity contribution is 5.94. The zero-order chi connectivity index (χ0) is 19.1. The number of halogens is 1. The molecule has 0 N–H and O–H groups in total. The number of benzene rings is 2. The highest BCUT2D eigenvalue weighted by Gasteiger charge is 2.17. The minimum atomic E-state index is -0.257. The van der Waals surface area contributed by atoms with E-state index in [4.69, 9.17) is 4.74 Å². The second-order valence-electron chi connectivity index (χ2n) is 6.16. The van der Waals surface area contributed by atoms with Crippen molar-refractivity contribution in [1.29, 1.82) is 0 Å². The Morgan fingerprint density at radius 1 is 1.11 bits per heavy atom. The molecule has 2 aromatic carbocycles. The number of carbonyl (C=O) groups excluding carboxylic acids is 1. The van der Waals surface area contributed by atoms with Crippen LogP contribution in [0.3, 0.4) is 0 Å². The van der Waals surface area contributed by atoms with Gasteiger partial charge in [-0.05, 0) is 47.9 Å². The highest BCUT2D eigenvalue weighted by Crippen LogP contribution is 2.17. The summed E-state index contributed by atoms with van der Waals surface area (Å²) in [5.74, 6) is 0.234. The van der Waals surface area contributed by atoms with Crippen LogP contribution in [0.15, 0.2) is 73.1 Å². The second kappa shape index (κ2) is 8.94. The molecule has 0 bridgehead atoms. The largest absolute Gasteiger partial charge is 0.497 e. The smallest absolute Gasteiger partial charge is 0.254 e. The predicted molar refractivity (Wildman–Crippen MR) is 102 cm³/mol. The first-order valence-electron chi connectivity index (χ1n) is 8.73. The molecular weight excluding hydrogens is 343 g/mol. The van der Waals surface area contributed by atoms with E-state index in [-0.39, 0.29) is 11.7 Å². The SMILES string of the molecule is COc1cccc(C(=O)N(CCc2ccccc2F)Cc2cccnc2)c1. The number of amides is 1. The lowest BCUT2D eigenvalue weighted by molar-refractivity contribution is 0.0744. The van der Waals surface area contributed by atoms with Gasteiger partial charge in [-0.15, -0.1) is 0 Å². The van der Waals surface area contributed by atoms with Gasteiger partial charge in [0.15, 0.2) is 0 Å². The van der Waals surface area contributed by atoms with Crippen LogP contribution < -0.4 is 4.74 Å². The normalized spacial score (nSPS) is 10.4. The van der Waals surface area contributed by atoms with Crippen LogP contribution in [0.25, 0.3) is 0 Å². The molecule has 0 spiro atoms. The first-order valence-corrected chi connectivity index (χ1v) is 8.73. The molecule has 0 fully saturated rings. The van der Waals surface area contributed by atoms with E-state index in [1.807, 2.05) is 12.1 Å². The maximum atomic E-state index is 14.0. The Morgan fingerprint density at radius 2 is 1.96 bits per heavy atom. The summed E-state index contributed by atoms with van der Waals surface area (Å²) in [5, 5.41) is 0. The van der Waals surface area contributed by atoms with Crippen molar-refractivity contribution in [1.82, 2.24) is 9.88 Å². The number of hydrogen-bond acceptors (Lipinski definition) is 3. The molecule has 0 radical (unpaired) electrons. The molecule has 0 aliphatic carbocycles. The van der Waals surface area contributed by atoms with E-state index in [1.165, 1.54) is 6.07 Å². The van der Waals surface area contributed by atoms with Crippen LogP contribution in [0.5, 0.6) is 5.75 Å². The molecule has 0 saturated heterocycles. The van der Waals surface area contributed by atoms with Crippen molar-refractivity contribution in [2.24, 2.45) is 0 Å². The van der Waals surface area contributed by atoms with Crippen molar-refractivity contribution in [3.63, 3.8) is 0 Å². The summed E-state index contributed by atoms with van der Waals surface area (Å²) < 4.78 is 19.2. The van der Waals surface area contributed by atoms with Gasteiger partial charge in [-0.2, -0.15) is 0 Å². The number of aromatic nitrogens is 1. The minimum absolute atomic E-state index is 0.130. The Kier molecular flexibility index (Phi) is 6.15. The van der Waals surface area contributed by atoms with Crippen molar-refractivity contribution in [2.45, 2.75) is 13.0 Å². The van der Waals surface area contributed by atoms with E-state index in [2.05, 4.69) is 4.98 Å². The first-order chi connectivity index (χ1) is 13.2. The molecule has 3 aromatic rings. The van der Waals surface area contributed by atoms with E-state index in [0.717, 1.165) is 5.56 Å². The van der Waals surface area contributed by atoms with Crippen molar-refractivity contribution >= 4 is 5.91 Å². The molecule has 3 rings (SSSR count). The van der Waals surface area contributed by atoms with Gasteiger partial charge in [-0.25, -0.2) is 4.39 Å². The molecule has 1 heterocycles. The summed E-state index contributed by atoms with van der Waals surface area (Å²) in [6, 6.07) is 17.4. The monoisotopic (exact) mass is 364 g/mol. The van der Waals surface area contributed by atoms with Crippen LogP contribution in [0.1, 0.15) is 21.5 Å². The Hall–Kier alpha value is -3.21. The zero-order valence-corrected chi connectivity index (χ0v) is 15.1. The van der Waals surface area contributed by atoms with E-state index in [1.54, 1.807) is 66.9 Å². The molecule has 0 aliphatic heterocycles. The summed E-state index contributed by atoms with van der Waals surface area (Å²) in [4.78, 5) is 18.9. The molecule has 1 amide bonds. The topological polar surface area (TPSA) is 42.4 Å². The average molecular weight is 364 g/mol. The Morgan fingerprint density at radius 3 is 2.70 bits per heavy atom. The van der Waals surface area contributed by atoms with Gasteiger partial charge in [0.05, 0.1) is 7.11 Å². The third-order valence-corrected chi connectivity index (χ3v) is 4.31. The molecule has 0 aliphatic rings. The predicted octanol–water partition coefficient (Wildman–Crippen LogP) is 4.11. The van der Waals surface area contributed by atoms with Gasteiger partial charge in [0.1, 0.15) is 11.6 Å². The van der Waals surface area contributed by atoms with Crippen molar-refractivity contribution in [3.8, 4) is 5.75 Å². The maximum absolute atomic E-state index is 14.0. The maximum Gasteiger partial charge on any atom is 0.254 e. The van der Waals surface area contributed by atoms with E-state index >= 15 is 0 Å². The van der Waals surface area contributed by atoms with Crippen LogP contribution in [-0.4, -0.2) is 29.4 Å². The van der Waals surface area contributed by atoms with Crippen LogP contribution in [0.2, 0.25) is 0 Å². The fourth-order valence-electron chi connectivity index (χ4n) is 2.86. The standard InChI is InChI=1S/C22H21FN2O2/c1-27-20-9-4-8-19(14-20)22(26)25(16-17-6-5-12-24-15-17)13-11-18-7-2-3-10-21(18)23/h2-10,12,14-15H,11,13,16H2,1H3. The minimum Gasteiger partial charge on any atom is -0.497 e. The number of carbonyl (C=O) groups is 1. The van der Waals surface area contributed by atoms with Crippen LogP contribution >= 0.6 is 0 Å². The number of rotatable bonds is 7. The van der Waals surface area contributed by atoms with Gasteiger partial charge in [0.25, 0.3) is 5.91 Å². The van der Waals surface area contributed by atoms with Gasteiger partial charge in [-0.3, -0.25) is 9.78 Å². The van der Waals surface area contributed by atoms with Gasteiger partial charge >= 0.3 is 0 Å². The van der Waals surface area contributed by atoms with Gasteiger partial charge in [-0.1, -0.05) is 30.3 Å². The summed E-state index contributed by atoms with van der Waals surface area (Å²) >= 11 is 0.